The molecule has 5 aromatic rings. The lowest BCUT2D eigenvalue weighted by atomic mass is 9.97. The van der Waals surface area contributed by atoms with Crippen molar-refractivity contribution in [2.75, 3.05) is 10.0 Å². The second-order valence-corrected chi connectivity index (χ2v) is 10.9. The van der Waals surface area contributed by atoms with Crippen molar-refractivity contribution in [2.24, 2.45) is 0 Å². The number of halogens is 1. The Morgan fingerprint density at radius 3 is 2.39 bits per heavy atom. The van der Waals surface area contributed by atoms with E-state index in [-0.39, 0.29) is 15.9 Å². The number of hydrogen-bond donors (Lipinski definition) is 2. The molecule has 180 valence electrons. The van der Waals surface area contributed by atoms with Gasteiger partial charge in [-0.1, -0.05) is 41.9 Å². The molecule has 2 aromatic heterocycles. The molecule has 0 saturated heterocycles. The van der Waals surface area contributed by atoms with Gasteiger partial charge in [-0.05, 0) is 55.0 Å². The van der Waals surface area contributed by atoms with Gasteiger partial charge in [0, 0.05) is 33.2 Å². The van der Waals surface area contributed by atoms with Gasteiger partial charge in [-0.25, -0.2) is 18.4 Å². The van der Waals surface area contributed by atoms with Gasteiger partial charge in [0.05, 0.1) is 21.7 Å². The van der Waals surface area contributed by atoms with Crippen molar-refractivity contribution < 1.29 is 13.2 Å². The smallest absolute Gasteiger partial charge is 0.263 e. The summed E-state index contributed by atoms with van der Waals surface area (Å²) < 4.78 is 27.6. The third kappa shape index (κ3) is 4.81. The highest BCUT2D eigenvalue weighted by atomic mass is 35.5. The number of thiazole rings is 1. The van der Waals surface area contributed by atoms with Crippen LogP contribution < -0.4 is 10.0 Å². The molecule has 36 heavy (non-hydrogen) atoms. The molecule has 0 aliphatic heterocycles. The Hall–Kier alpha value is -3.79. The molecule has 0 fully saturated rings. The topological polar surface area (TPSA) is 101 Å². The van der Waals surface area contributed by atoms with E-state index in [0.29, 0.717) is 27.5 Å². The molecule has 0 aliphatic rings. The highest BCUT2D eigenvalue weighted by Crippen LogP contribution is 2.31. The van der Waals surface area contributed by atoms with E-state index in [1.54, 1.807) is 29.6 Å². The Kier molecular flexibility index (Phi) is 6.44. The maximum atomic E-state index is 13.5. The van der Waals surface area contributed by atoms with Gasteiger partial charge in [-0.2, -0.15) is 0 Å². The molecule has 0 bridgehead atoms. The fourth-order valence-corrected chi connectivity index (χ4v) is 5.76. The first-order valence-electron chi connectivity index (χ1n) is 10.8. The molecular weight excluding hydrogens is 516 g/mol. The summed E-state index contributed by atoms with van der Waals surface area (Å²) in [5.41, 5.74) is 3.90. The van der Waals surface area contributed by atoms with E-state index in [1.807, 2.05) is 43.3 Å². The number of pyridine rings is 1. The second-order valence-electron chi connectivity index (χ2n) is 7.91. The number of hydrogen-bond acceptors (Lipinski definition) is 6. The lowest BCUT2D eigenvalue weighted by molar-refractivity contribution is 0.102. The van der Waals surface area contributed by atoms with Crippen LogP contribution in [0.15, 0.2) is 89.3 Å². The molecule has 0 saturated carbocycles. The van der Waals surface area contributed by atoms with Crippen molar-refractivity contribution in [1.82, 2.24) is 9.97 Å². The van der Waals surface area contributed by atoms with Crippen LogP contribution >= 0.6 is 22.9 Å². The van der Waals surface area contributed by atoms with Gasteiger partial charge in [-0.15, -0.1) is 11.3 Å². The fraction of sp³-hybridized carbons (Fsp3) is 0.0385. The predicted octanol–water partition coefficient (Wildman–Crippen LogP) is 6.37. The maximum Gasteiger partial charge on any atom is 0.263 e. The SMILES string of the molecule is Cc1c(-c2ccc(Cl)cc2)nc2ccccc2c1C(=O)Nc1ccc(S(=O)(=O)Nc2nccs2)cc1. The van der Waals surface area contributed by atoms with Gasteiger partial charge in [0.2, 0.25) is 0 Å². The van der Waals surface area contributed by atoms with Crippen molar-refractivity contribution in [1.29, 1.82) is 0 Å². The minimum Gasteiger partial charge on any atom is -0.322 e. The Morgan fingerprint density at radius 2 is 1.69 bits per heavy atom. The highest BCUT2D eigenvalue weighted by molar-refractivity contribution is 7.93. The number of rotatable bonds is 6. The summed E-state index contributed by atoms with van der Waals surface area (Å²) in [6.07, 6.45) is 1.52. The van der Waals surface area contributed by atoms with Crippen LogP contribution in [0.1, 0.15) is 15.9 Å². The van der Waals surface area contributed by atoms with Crippen LogP contribution in [-0.4, -0.2) is 24.3 Å². The highest BCUT2D eigenvalue weighted by Gasteiger charge is 2.20. The molecule has 0 atom stereocenters. The average Bonchev–Trinajstić information content (AvgIpc) is 3.37. The van der Waals surface area contributed by atoms with E-state index in [2.05, 4.69) is 15.0 Å². The first-order chi connectivity index (χ1) is 17.3. The van der Waals surface area contributed by atoms with Crippen molar-refractivity contribution in [3.8, 4) is 11.3 Å². The monoisotopic (exact) mass is 534 g/mol. The van der Waals surface area contributed by atoms with Crippen molar-refractivity contribution in [3.63, 3.8) is 0 Å². The summed E-state index contributed by atoms with van der Waals surface area (Å²) in [6, 6.07) is 20.7. The number of benzene rings is 3. The zero-order valence-corrected chi connectivity index (χ0v) is 21.3. The lowest BCUT2D eigenvalue weighted by Crippen LogP contribution is -2.16. The normalized spacial score (nSPS) is 11.4. The van der Waals surface area contributed by atoms with Crippen molar-refractivity contribution in [2.45, 2.75) is 11.8 Å². The van der Waals surface area contributed by atoms with Gasteiger partial charge in [0.15, 0.2) is 5.13 Å². The molecule has 5 rings (SSSR count). The van der Waals surface area contributed by atoms with Gasteiger partial charge in [0.1, 0.15) is 0 Å². The van der Waals surface area contributed by atoms with Crippen LogP contribution in [0.4, 0.5) is 10.8 Å². The third-order valence-electron chi connectivity index (χ3n) is 5.56. The largest absolute Gasteiger partial charge is 0.322 e. The van der Waals surface area contributed by atoms with E-state index < -0.39 is 10.0 Å². The number of nitrogens with one attached hydrogen (secondary N) is 2. The van der Waals surface area contributed by atoms with Gasteiger partial charge >= 0.3 is 0 Å². The van der Waals surface area contributed by atoms with Crippen LogP contribution in [0.2, 0.25) is 5.02 Å². The molecule has 0 aliphatic carbocycles. The Labute approximate surface area is 216 Å². The van der Waals surface area contributed by atoms with Gasteiger partial charge in [0.25, 0.3) is 15.9 Å². The summed E-state index contributed by atoms with van der Waals surface area (Å²) in [4.78, 5) is 22.3. The summed E-state index contributed by atoms with van der Waals surface area (Å²) >= 11 is 7.24. The molecule has 1 amide bonds. The van der Waals surface area contributed by atoms with E-state index >= 15 is 0 Å². The van der Waals surface area contributed by atoms with Crippen molar-refractivity contribution >= 4 is 60.6 Å². The zero-order chi connectivity index (χ0) is 25.3. The number of carbonyl (C=O) groups is 1. The molecule has 0 spiro atoms. The minimum atomic E-state index is -3.79. The molecule has 0 radical (unpaired) electrons. The van der Waals surface area contributed by atoms with Crippen LogP contribution in [0.5, 0.6) is 0 Å². The molecular formula is C26H19ClN4O3S2. The van der Waals surface area contributed by atoms with Crippen LogP contribution in [-0.2, 0) is 10.0 Å². The average molecular weight is 535 g/mol. The second kappa shape index (κ2) is 9.69. The van der Waals surface area contributed by atoms with E-state index in [4.69, 9.17) is 16.6 Å². The number of carbonyl (C=O) groups excluding carboxylic acids is 1. The Morgan fingerprint density at radius 1 is 0.972 bits per heavy atom. The fourth-order valence-electron chi connectivity index (χ4n) is 3.85. The quantitative estimate of drug-likeness (QED) is 0.263. The summed E-state index contributed by atoms with van der Waals surface area (Å²) in [7, 11) is -3.79. The summed E-state index contributed by atoms with van der Waals surface area (Å²) in [6.45, 7) is 1.86. The molecule has 2 N–H and O–H groups in total. The number of sulfonamides is 1. The summed E-state index contributed by atoms with van der Waals surface area (Å²) in [5, 5.41) is 6.18. The standard InChI is InChI=1S/C26H19ClN4O3S2/c1-16-23(21-4-2-3-5-22(21)30-24(16)17-6-8-18(27)9-7-17)25(32)29-19-10-12-20(13-11-19)36(33,34)31-26-28-14-15-35-26/h2-15H,1H3,(H,28,31)(H,29,32). The van der Waals surface area contributed by atoms with Crippen LogP contribution in [0, 0.1) is 6.92 Å². The van der Waals surface area contributed by atoms with Crippen molar-refractivity contribution in [3.05, 3.63) is 101 Å². The van der Waals surface area contributed by atoms with E-state index in [0.717, 1.165) is 16.5 Å². The number of nitrogens with zero attached hydrogens (tertiary/aromatic N) is 2. The van der Waals surface area contributed by atoms with Gasteiger partial charge in [-0.3, -0.25) is 9.52 Å². The number of anilines is 2. The number of aromatic nitrogens is 2. The first-order valence-corrected chi connectivity index (χ1v) is 13.5. The Bertz CT molecular complexity index is 1670. The third-order valence-corrected chi connectivity index (χ3v) is 7.98. The Balaban J connectivity index is 1.47. The minimum absolute atomic E-state index is 0.0614. The van der Waals surface area contributed by atoms with E-state index in [9.17, 15) is 13.2 Å². The van der Waals surface area contributed by atoms with Crippen LogP contribution in [0.25, 0.3) is 22.2 Å². The van der Waals surface area contributed by atoms with Gasteiger partial charge < -0.3 is 5.32 Å². The lowest BCUT2D eigenvalue weighted by Gasteiger charge is -2.15. The van der Waals surface area contributed by atoms with E-state index in [1.165, 1.54) is 29.7 Å². The molecule has 7 nitrogen and oxygen atoms in total. The summed E-state index contributed by atoms with van der Waals surface area (Å²) in [5.74, 6) is -0.321. The molecule has 3 aromatic carbocycles. The molecule has 10 heteroatoms. The first kappa shape index (κ1) is 23.9. The zero-order valence-electron chi connectivity index (χ0n) is 18.9. The maximum absolute atomic E-state index is 13.5. The molecule has 2 heterocycles. The molecule has 0 unspecified atom stereocenters. The predicted molar refractivity (Wildman–Crippen MR) is 144 cm³/mol. The number of para-hydroxylation sites is 1. The number of fused-ring (bicyclic) bond motifs is 1. The number of amides is 1. The van der Waals surface area contributed by atoms with Crippen LogP contribution in [0.3, 0.4) is 0 Å².